The van der Waals surface area contributed by atoms with Crippen molar-refractivity contribution in [3.63, 3.8) is 0 Å². The van der Waals surface area contributed by atoms with Crippen molar-refractivity contribution in [2.75, 3.05) is 6.54 Å². The highest BCUT2D eigenvalue weighted by molar-refractivity contribution is 5.73. The van der Waals surface area contributed by atoms with Gasteiger partial charge in [0.2, 0.25) is 0 Å². The molecule has 4 heteroatoms. The lowest BCUT2D eigenvalue weighted by Crippen LogP contribution is -2.44. The van der Waals surface area contributed by atoms with E-state index in [1.54, 1.807) is 11.9 Å². The minimum absolute atomic E-state index is 0.530. The zero-order valence-corrected chi connectivity index (χ0v) is 9.78. The van der Waals surface area contributed by atoms with Crippen LogP contribution in [0, 0.1) is 0 Å². The van der Waals surface area contributed by atoms with E-state index >= 15 is 0 Å². The largest absolute Gasteiger partial charge is 0.480 e. The maximum absolute atomic E-state index is 11.0. The topological polar surface area (TPSA) is 43.8 Å². The molecule has 1 aromatic carbocycles. The van der Waals surface area contributed by atoms with E-state index in [9.17, 15) is 4.79 Å². The van der Waals surface area contributed by atoms with Crippen LogP contribution < -0.4 is 0 Å². The van der Waals surface area contributed by atoms with Crippen molar-refractivity contribution < 1.29 is 9.90 Å². The highest BCUT2D eigenvalue weighted by Gasteiger charge is 2.25. The minimum atomic E-state index is -0.811. The Morgan fingerprint density at radius 1 is 1.41 bits per heavy atom. The highest BCUT2D eigenvalue weighted by atomic mass is 16.4. The zero-order chi connectivity index (χ0) is 12.3. The Bertz CT molecular complexity index is 417. The van der Waals surface area contributed by atoms with Gasteiger partial charge in [0.1, 0.15) is 6.04 Å². The Kier molecular flexibility index (Phi) is 3.44. The molecule has 1 atom stereocenters. The number of hydrogen-bond acceptors (Lipinski definition) is 3. The Morgan fingerprint density at radius 3 is 2.76 bits per heavy atom. The fourth-order valence-corrected chi connectivity index (χ4v) is 1.89. The summed E-state index contributed by atoms with van der Waals surface area (Å²) in [6.45, 7) is 3.17. The fraction of sp³-hybridized carbons (Fsp3) is 0.308. The normalized spacial score (nSPS) is 17.4. The lowest BCUT2D eigenvalue weighted by atomic mass is 10.2. The number of nitrogens with zero attached hydrogens (tertiary/aromatic N) is 2. The summed E-state index contributed by atoms with van der Waals surface area (Å²) in [7, 11) is 0. The second kappa shape index (κ2) is 5.01. The molecule has 0 amide bonds. The molecule has 1 aliphatic rings. The number of aliphatic carboxylic acids is 1. The van der Waals surface area contributed by atoms with Gasteiger partial charge >= 0.3 is 5.97 Å². The van der Waals surface area contributed by atoms with Gasteiger partial charge in [0.15, 0.2) is 0 Å². The molecule has 0 spiro atoms. The van der Waals surface area contributed by atoms with Gasteiger partial charge < -0.3 is 5.11 Å². The van der Waals surface area contributed by atoms with Crippen LogP contribution in [0.1, 0.15) is 12.5 Å². The van der Waals surface area contributed by atoms with Crippen LogP contribution in [0.15, 0.2) is 42.6 Å². The van der Waals surface area contributed by atoms with Crippen LogP contribution in [-0.2, 0) is 11.3 Å². The minimum Gasteiger partial charge on any atom is -0.480 e. The summed E-state index contributed by atoms with van der Waals surface area (Å²) < 4.78 is 0. The third-order valence-corrected chi connectivity index (χ3v) is 2.86. The van der Waals surface area contributed by atoms with Crippen LogP contribution in [0.5, 0.6) is 0 Å². The zero-order valence-electron chi connectivity index (χ0n) is 9.78. The Morgan fingerprint density at radius 2 is 2.12 bits per heavy atom. The predicted molar refractivity (Wildman–Crippen MR) is 64.9 cm³/mol. The molecule has 0 saturated carbocycles. The van der Waals surface area contributed by atoms with Gasteiger partial charge in [-0.2, -0.15) is 0 Å². The van der Waals surface area contributed by atoms with Gasteiger partial charge in [-0.1, -0.05) is 36.4 Å². The van der Waals surface area contributed by atoms with E-state index in [0.29, 0.717) is 0 Å². The van der Waals surface area contributed by atoms with Gasteiger partial charge in [0, 0.05) is 19.3 Å². The number of hydrogen-bond donors (Lipinski definition) is 1. The number of rotatable bonds is 4. The summed E-state index contributed by atoms with van der Waals surface area (Å²) in [4.78, 5) is 11.0. The van der Waals surface area contributed by atoms with Crippen LogP contribution in [-0.4, -0.2) is 33.7 Å². The molecule has 0 bridgehead atoms. The molecule has 1 aliphatic heterocycles. The molecule has 0 aromatic heterocycles. The van der Waals surface area contributed by atoms with Crippen LogP contribution in [0.2, 0.25) is 0 Å². The number of benzene rings is 1. The van der Waals surface area contributed by atoms with Crippen LogP contribution >= 0.6 is 0 Å². The molecule has 1 aromatic rings. The van der Waals surface area contributed by atoms with E-state index in [-0.39, 0.29) is 0 Å². The van der Waals surface area contributed by atoms with Gasteiger partial charge in [-0.15, -0.1) is 0 Å². The molecule has 0 radical (unpaired) electrons. The number of carboxylic acid groups (broad SMARTS) is 1. The molecule has 17 heavy (non-hydrogen) atoms. The lowest BCUT2D eigenvalue weighted by molar-refractivity contribution is -0.147. The molecule has 2 rings (SSSR count). The predicted octanol–water partition coefficient (Wildman–Crippen LogP) is 1.71. The first-order valence-corrected chi connectivity index (χ1v) is 5.65. The van der Waals surface area contributed by atoms with Gasteiger partial charge in [0.25, 0.3) is 0 Å². The summed E-state index contributed by atoms with van der Waals surface area (Å²) in [6.07, 6.45) is 3.81. The first-order valence-electron chi connectivity index (χ1n) is 5.65. The summed E-state index contributed by atoms with van der Waals surface area (Å²) in [5.41, 5.74) is 1.18. The van der Waals surface area contributed by atoms with E-state index in [4.69, 9.17) is 5.11 Å². The van der Waals surface area contributed by atoms with Crippen LogP contribution in [0.4, 0.5) is 0 Å². The van der Waals surface area contributed by atoms with E-state index < -0.39 is 12.0 Å². The van der Waals surface area contributed by atoms with Crippen molar-refractivity contribution in [2.45, 2.75) is 19.5 Å². The molecule has 0 fully saturated rings. The Hall–Kier alpha value is -1.81. The van der Waals surface area contributed by atoms with Crippen molar-refractivity contribution in [1.82, 2.24) is 10.0 Å². The quantitative estimate of drug-likeness (QED) is 0.858. The van der Waals surface area contributed by atoms with Crippen LogP contribution in [0.3, 0.4) is 0 Å². The second-order valence-electron chi connectivity index (χ2n) is 4.11. The average Bonchev–Trinajstić information content (AvgIpc) is 2.77. The molecule has 0 aliphatic carbocycles. The standard InChI is InChI=1S/C13H16N2O2/c1-11(13(16)17)15-9-5-8-14(15)10-12-6-3-2-4-7-12/h2-7,9,11H,8,10H2,1H3,(H,16,17). The van der Waals surface area contributed by atoms with Crippen molar-refractivity contribution in [3.8, 4) is 0 Å². The van der Waals surface area contributed by atoms with Gasteiger partial charge in [-0.05, 0) is 12.5 Å². The smallest absolute Gasteiger partial charge is 0.327 e. The van der Waals surface area contributed by atoms with E-state index in [1.807, 2.05) is 47.6 Å². The van der Waals surface area contributed by atoms with Gasteiger partial charge in [0.05, 0.1) is 0 Å². The van der Waals surface area contributed by atoms with Crippen molar-refractivity contribution in [2.24, 2.45) is 0 Å². The monoisotopic (exact) mass is 232 g/mol. The Balaban J connectivity index is 2.04. The summed E-state index contributed by atoms with van der Waals surface area (Å²) >= 11 is 0. The van der Waals surface area contributed by atoms with Crippen molar-refractivity contribution in [3.05, 3.63) is 48.2 Å². The lowest BCUT2D eigenvalue weighted by Gasteiger charge is -2.32. The first-order chi connectivity index (χ1) is 8.18. The van der Waals surface area contributed by atoms with Gasteiger partial charge in [-0.3, -0.25) is 5.01 Å². The van der Waals surface area contributed by atoms with Crippen molar-refractivity contribution in [1.29, 1.82) is 0 Å². The first kappa shape index (κ1) is 11.7. The third kappa shape index (κ3) is 2.65. The molecular weight excluding hydrogens is 216 g/mol. The maximum atomic E-state index is 11.0. The number of hydrazine groups is 1. The highest BCUT2D eigenvalue weighted by Crippen LogP contribution is 2.16. The summed E-state index contributed by atoms with van der Waals surface area (Å²) in [6, 6.07) is 9.51. The fourth-order valence-electron chi connectivity index (χ4n) is 1.89. The number of carboxylic acids is 1. The molecular formula is C13H16N2O2. The van der Waals surface area contributed by atoms with Crippen LogP contribution in [0.25, 0.3) is 0 Å². The molecule has 1 heterocycles. The van der Waals surface area contributed by atoms with Crippen molar-refractivity contribution >= 4 is 5.97 Å². The van der Waals surface area contributed by atoms with E-state index in [0.717, 1.165) is 13.1 Å². The van der Waals surface area contributed by atoms with E-state index in [2.05, 4.69) is 0 Å². The molecule has 1 N–H and O–H groups in total. The third-order valence-electron chi connectivity index (χ3n) is 2.86. The van der Waals surface area contributed by atoms with Gasteiger partial charge in [-0.25, -0.2) is 9.80 Å². The molecule has 90 valence electrons. The SMILES string of the molecule is CC(C(=O)O)N1C=CCN1Cc1ccccc1. The second-order valence-corrected chi connectivity index (χ2v) is 4.11. The maximum Gasteiger partial charge on any atom is 0.327 e. The van der Waals surface area contributed by atoms with E-state index in [1.165, 1.54) is 5.56 Å². The Labute approximate surface area is 101 Å². The summed E-state index contributed by atoms with van der Waals surface area (Å²) in [5, 5.41) is 12.8. The molecule has 1 unspecified atom stereocenters. The average molecular weight is 232 g/mol. The number of carbonyl (C=O) groups is 1. The molecule has 4 nitrogen and oxygen atoms in total. The molecule has 0 saturated heterocycles. The summed E-state index contributed by atoms with van der Waals surface area (Å²) in [5.74, 6) is -0.811.